The summed E-state index contributed by atoms with van der Waals surface area (Å²) in [4.78, 5) is 21.9. The Bertz CT molecular complexity index is 452. The summed E-state index contributed by atoms with van der Waals surface area (Å²) >= 11 is 0. The molecule has 1 amide bonds. The highest BCUT2D eigenvalue weighted by atomic mass is 19.1. The van der Waals surface area contributed by atoms with Gasteiger partial charge in [0.05, 0.1) is 19.6 Å². The van der Waals surface area contributed by atoms with Crippen LogP contribution in [0.1, 0.15) is 6.42 Å². The SMILES string of the molecule is O=C(CCOc1cccc(F)c1)N[C@@H](CO)C(=O)O. The first-order chi connectivity index (χ1) is 9.02. The lowest BCUT2D eigenvalue weighted by Crippen LogP contribution is -2.43. The van der Waals surface area contributed by atoms with E-state index in [1.54, 1.807) is 0 Å². The van der Waals surface area contributed by atoms with Gasteiger partial charge in [-0.2, -0.15) is 0 Å². The molecule has 19 heavy (non-hydrogen) atoms. The van der Waals surface area contributed by atoms with E-state index in [1.807, 2.05) is 0 Å². The highest BCUT2D eigenvalue weighted by molar-refractivity contribution is 5.83. The Balaban J connectivity index is 2.33. The molecule has 0 saturated carbocycles. The molecule has 7 heteroatoms. The summed E-state index contributed by atoms with van der Waals surface area (Å²) in [6, 6.07) is 4.11. The standard InChI is InChI=1S/C12H14FNO5/c13-8-2-1-3-9(6-8)19-5-4-11(16)14-10(7-15)12(17)18/h1-3,6,10,15H,4-5,7H2,(H,14,16)(H,17,18)/t10-/m0/s1. The lowest BCUT2D eigenvalue weighted by atomic mass is 10.3. The molecule has 0 radical (unpaired) electrons. The van der Waals surface area contributed by atoms with E-state index in [0.717, 1.165) is 0 Å². The van der Waals surface area contributed by atoms with Gasteiger partial charge in [-0.15, -0.1) is 0 Å². The number of carbonyl (C=O) groups is 2. The van der Waals surface area contributed by atoms with E-state index in [0.29, 0.717) is 0 Å². The molecule has 3 N–H and O–H groups in total. The van der Waals surface area contributed by atoms with Crippen molar-refractivity contribution < 1.29 is 28.9 Å². The quantitative estimate of drug-likeness (QED) is 0.656. The number of carboxylic acid groups (broad SMARTS) is 1. The number of aliphatic hydroxyl groups is 1. The number of hydrogen-bond acceptors (Lipinski definition) is 4. The zero-order valence-corrected chi connectivity index (χ0v) is 10.0. The Morgan fingerprint density at radius 1 is 1.42 bits per heavy atom. The van der Waals surface area contributed by atoms with Crippen molar-refractivity contribution in [2.24, 2.45) is 0 Å². The van der Waals surface area contributed by atoms with Crippen molar-refractivity contribution in [3.8, 4) is 5.75 Å². The monoisotopic (exact) mass is 271 g/mol. The summed E-state index contributed by atoms with van der Waals surface area (Å²) in [5, 5.41) is 19.4. The smallest absolute Gasteiger partial charge is 0.328 e. The van der Waals surface area contributed by atoms with Gasteiger partial charge in [0.2, 0.25) is 5.91 Å². The minimum absolute atomic E-state index is 0.0208. The van der Waals surface area contributed by atoms with E-state index in [9.17, 15) is 14.0 Å². The molecule has 0 aliphatic rings. The van der Waals surface area contributed by atoms with Crippen LogP contribution in [0.3, 0.4) is 0 Å². The minimum atomic E-state index is -1.33. The lowest BCUT2D eigenvalue weighted by molar-refractivity contribution is -0.143. The fourth-order valence-electron chi connectivity index (χ4n) is 1.27. The molecule has 1 rings (SSSR count). The topological polar surface area (TPSA) is 95.9 Å². The summed E-state index contributed by atoms with van der Waals surface area (Å²) in [6.07, 6.45) is -0.0969. The molecule has 0 aliphatic heterocycles. The van der Waals surface area contributed by atoms with Crippen LogP contribution in [0.25, 0.3) is 0 Å². The summed E-state index contributed by atoms with van der Waals surface area (Å²) in [5.74, 6) is -2.06. The van der Waals surface area contributed by atoms with E-state index in [-0.39, 0.29) is 18.8 Å². The van der Waals surface area contributed by atoms with Crippen LogP contribution in [0.4, 0.5) is 4.39 Å². The number of carboxylic acids is 1. The van der Waals surface area contributed by atoms with Crippen LogP contribution >= 0.6 is 0 Å². The second-order valence-corrected chi connectivity index (χ2v) is 3.70. The summed E-state index contributed by atoms with van der Waals surface area (Å²) < 4.78 is 17.9. The first kappa shape index (κ1) is 14.9. The second-order valence-electron chi connectivity index (χ2n) is 3.70. The van der Waals surface area contributed by atoms with Gasteiger partial charge in [0.15, 0.2) is 0 Å². The van der Waals surface area contributed by atoms with Crippen LogP contribution < -0.4 is 10.1 Å². The van der Waals surface area contributed by atoms with Crippen LogP contribution in [0.2, 0.25) is 0 Å². The first-order valence-corrected chi connectivity index (χ1v) is 5.54. The summed E-state index contributed by atoms with van der Waals surface area (Å²) in [6.45, 7) is -0.709. The van der Waals surface area contributed by atoms with Crippen molar-refractivity contribution in [1.29, 1.82) is 0 Å². The Morgan fingerprint density at radius 3 is 2.74 bits per heavy atom. The van der Waals surface area contributed by atoms with Gasteiger partial charge in [-0.25, -0.2) is 9.18 Å². The number of aliphatic hydroxyl groups excluding tert-OH is 1. The van der Waals surface area contributed by atoms with Crippen molar-refractivity contribution in [2.75, 3.05) is 13.2 Å². The van der Waals surface area contributed by atoms with Crippen LogP contribution in [-0.4, -0.2) is 41.3 Å². The maximum Gasteiger partial charge on any atom is 0.328 e. The number of nitrogens with one attached hydrogen (secondary N) is 1. The molecule has 1 aromatic carbocycles. The van der Waals surface area contributed by atoms with Gasteiger partial charge >= 0.3 is 5.97 Å². The average Bonchev–Trinajstić information content (AvgIpc) is 2.35. The molecule has 0 unspecified atom stereocenters. The van der Waals surface area contributed by atoms with E-state index >= 15 is 0 Å². The molecular weight excluding hydrogens is 257 g/mol. The molecule has 0 heterocycles. The maximum atomic E-state index is 12.8. The predicted molar refractivity (Wildman–Crippen MR) is 63.2 cm³/mol. The van der Waals surface area contributed by atoms with E-state index < -0.39 is 30.3 Å². The van der Waals surface area contributed by atoms with E-state index in [2.05, 4.69) is 5.32 Å². The average molecular weight is 271 g/mol. The number of aliphatic carboxylic acids is 1. The van der Waals surface area contributed by atoms with Gasteiger partial charge in [-0.05, 0) is 12.1 Å². The number of benzene rings is 1. The second kappa shape index (κ2) is 7.32. The van der Waals surface area contributed by atoms with Crippen molar-refractivity contribution in [3.63, 3.8) is 0 Å². The predicted octanol–water partition coefficient (Wildman–Crippen LogP) is 0.156. The third-order valence-electron chi connectivity index (χ3n) is 2.21. The fourth-order valence-corrected chi connectivity index (χ4v) is 1.27. The van der Waals surface area contributed by atoms with Gasteiger partial charge in [0.25, 0.3) is 0 Å². The number of hydrogen-bond donors (Lipinski definition) is 3. The van der Waals surface area contributed by atoms with Crippen LogP contribution in [-0.2, 0) is 9.59 Å². The van der Waals surface area contributed by atoms with Gasteiger partial charge in [-0.1, -0.05) is 6.07 Å². The zero-order valence-electron chi connectivity index (χ0n) is 10.0. The first-order valence-electron chi connectivity index (χ1n) is 5.54. The molecule has 0 bridgehead atoms. The lowest BCUT2D eigenvalue weighted by Gasteiger charge is -2.11. The molecule has 0 saturated heterocycles. The largest absolute Gasteiger partial charge is 0.493 e. The van der Waals surface area contributed by atoms with Crippen LogP contribution in [0, 0.1) is 5.82 Å². The van der Waals surface area contributed by atoms with Gasteiger partial charge in [-0.3, -0.25) is 4.79 Å². The summed E-state index contributed by atoms with van der Waals surface area (Å²) in [5.41, 5.74) is 0. The molecule has 0 aromatic heterocycles. The van der Waals surface area contributed by atoms with Crippen LogP contribution in [0.15, 0.2) is 24.3 Å². The number of halogens is 1. The van der Waals surface area contributed by atoms with Gasteiger partial charge < -0.3 is 20.3 Å². The number of carbonyl (C=O) groups excluding carboxylic acids is 1. The zero-order chi connectivity index (χ0) is 14.3. The molecule has 1 atom stereocenters. The number of amides is 1. The molecule has 104 valence electrons. The van der Waals surface area contributed by atoms with Crippen LogP contribution in [0.5, 0.6) is 5.75 Å². The van der Waals surface area contributed by atoms with E-state index in [4.69, 9.17) is 14.9 Å². The Labute approximate surface area is 108 Å². The van der Waals surface area contributed by atoms with Gasteiger partial charge in [0.1, 0.15) is 17.6 Å². The number of ether oxygens (including phenoxy) is 1. The van der Waals surface area contributed by atoms with Crippen molar-refractivity contribution in [1.82, 2.24) is 5.32 Å². The van der Waals surface area contributed by atoms with E-state index in [1.165, 1.54) is 24.3 Å². The Morgan fingerprint density at radius 2 is 2.16 bits per heavy atom. The molecule has 1 aromatic rings. The maximum absolute atomic E-state index is 12.8. The minimum Gasteiger partial charge on any atom is -0.493 e. The highest BCUT2D eigenvalue weighted by Crippen LogP contribution is 2.11. The molecular formula is C12H14FNO5. The summed E-state index contributed by atoms with van der Waals surface area (Å²) in [7, 11) is 0. The highest BCUT2D eigenvalue weighted by Gasteiger charge is 2.18. The normalized spacial score (nSPS) is 11.7. The third kappa shape index (κ3) is 5.35. The fraction of sp³-hybridized carbons (Fsp3) is 0.333. The third-order valence-corrected chi connectivity index (χ3v) is 2.21. The Kier molecular flexibility index (Phi) is 5.74. The van der Waals surface area contributed by atoms with Crippen molar-refractivity contribution >= 4 is 11.9 Å². The Hall–Kier alpha value is -2.15. The molecule has 0 aliphatic carbocycles. The molecule has 0 spiro atoms. The number of rotatable bonds is 7. The van der Waals surface area contributed by atoms with Gasteiger partial charge in [0, 0.05) is 6.07 Å². The van der Waals surface area contributed by atoms with Crippen molar-refractivity contribution in [2.45, 2.75) is 12.5 Å². The van der Waals surface area contributed by atoms with Crippen molar-refractivity contribution in [3.05, 3.63) is 30.1 Å². The molecule has 6 nitrogen and oxygen atoms in total. The molecule has 0 fully saturated rings.